The Bertz CT molecular complexity index is 567. The zero-order valence-electron chi connectivity index (χ0n) is 12.2. The lowest BCUT2D eigenvalue weighted by Crippen LogP contribution is -2.45. The van der Waals surface area contributed by atoms with Crippen LogP contribution < -0.4 is 15.2 Å². The topological polar surface area (TPSA) is 61.5 Å². The molecule has 114 valence electrons. The Morgan fingerprint density at radius 3 is 2.71 bits per heavy atom. The number of ether oxygens (including phenoxy) is 2. The standard InChI is InChI=1S/C16H20BrNO3/c1-20-12-6-5-11(17)14-13(12)10(15(18)19)9-16(21-14)7-3-2-4-8-16/h5-6,10H,2-4,7-9H2,1H3,(H2,18,19). The Morgan fingerprint density at radius 1 is 1.38 bits per heavy atom. The van der Waals surface area contributed by atoms with Crippen LogP contribution in [0, 0.1) is 0 Å². The number of methoxy groups -OCH3 is 1. The zero-order chi connectivity index (χ0) is 15.0. The summed E-state index contributed by atoms with van der Waals surface area (Å²) in [6.07, 6.45) is 6.14. The highest BCUT2D eigenvalue weighted by atomic mass is 79.9. The average molecular weight is 354 g/mol. The average Bonchev–Trinajstić information content (AvgIpc) is 2.48. The van der Waals surface area contributed by atoms with E-state index >= 15 is 0 Å². The molecule has 1 saturated carbocycles. The maximum Gasteiger partial charge on any atom is 0.225 e. The van der Waals surface area contributed by atoms with Crippen LogP contribution in [-0.4, -0.2) is 18.6 Å². The number of carbonyl (C=O) groups is 1. The SMILES string of the molecule is COc1ccc(Br)c2c1C(C(N)=O)CC1(CCCCC1)O2. The smallest absolute Gasteiger partial charge is 0.225 e. The Labute approximate surface area is 133 Å². The van der Waals surface area contributed by atoms with Crippen LogP contribution in [0.5, 0.6) is 11.5 Å². The fourth-order valence-electron chi connectivity index (χ4n) is 3.64. The molecule has 1 aromatic carbocycles. The molecule has 5 heteroatoms. The van der Waals surface area contributed by atoms with Gasteiger partial charge in [0, 0.05) is 12.0 Å². The number of benzene rings is 1. The predicted molar refractivity (Wildman–Crippen MR) is 83.7 cm³/mol. The Balaban J connectivity index is 2.11. The first-order chi connectivity index (χ1) is 10.1. The van der Waals surface area contributed by atoms with Crippen LogP contribution in [0.4, 0.5) is 0 Å². The lowest BCUT2D eigenvalue weighted by Gasteiger charge is -2.44. The van der Waals surface area contributed by atoms with Crippen LogP contribution in [0.15, 0.2) is 16.6 Å². The van der Waals surface area contributed by atoms with E-state index in [1.165, 1.54) is 6.42 Å². The number of fused-ring (bicyclic) bond motifs is 1. The van der Waals surface area contributed by atoms with E-state index in [-0.39, 0.29) is 17.4 Å². The molecule has 1 fully saturated rings. The Morgan fingerprint density at radius 2 is 2.10 bits per heavy atom. The molecule has 0 saturated heterocycles. The molecule has 4 nitrogen and oxygen atoms in total. The van der Waals surface area contributed by atoms with Crippen molar-refractivity contribution in [3.63, 3.8) is 0 Å². The number of hydrogen-bond donors (Lipinski definition) is 1. The van der Waals surface area contributed by atoms with E-state index in [2.05, 4.69) is 15.9 Å². The van der Waals surface area contributed by atoms with Crippen LogP contribution in [-0.2, 0) is 4.79 Å². The predicted octanol–water partition coefficient (Wildman–Crippen LogP) is 3.51. The van der Waals surface area contributed by atoms with Crippen molar-refractivity contribution in [2.75, 3.05) is 7.11 Å². The van der Waals surface area contributed by atoms with E-state index in [1.54, 1.807) is 7.11 Å². The van der Waals surface area contributed by atoms with E-state index in [4.69, 9.17) is 15.2 Å². The molecule has 3 rings (SSSR count). The van der Waals surface area contributed by atoms with Crippen molar-refractivity contribution in [1.29, 1.82) is 0 Å². The highest BCUT2D eigenvalue weighted by Gasteiger charge is 2.45. The molecule has 1 heterocycles. The number of hydrogen-bond acceptors (Lipinski definition) is 3. The minimum absolute atomic E-state index is 0.250. The highest BCUT2D eigenvalue weighted by Crippen LogP contribution is 2.52. The van der Waals surface area contributed by atoms with Gasteiger partial charge in [-0.1, -0.05) is 6.42 Å². The second-order valence-corrected chi connectivity index (χ2v) is 6.85. The Kier molecular flexibility index (Phi) is 3.86. The molecule has 1 aromatic rings. The van der Waals surface area contributed by atoms with Gasteiger partial charge in [0.2, 0.25) is 5.91 Å². The second-order valence-electron chi connectivity index (χ2n) is 6.00. The van der Waals surface area contributed by atoms with Crippen LogP contribution in [0.2, 0.25) is 0 Å². The Hall–Kier alpha value is -1.23. The largest absolute Gasteiger partial charge is 0.496 e. The van der Waals surface area contributed by atoms with Crippen molar-refractivity contribution < 1.29 is 14.3 Å². The number of amides is 1. The molecule has 1 spiro atoms. The molecule has 21 heavy (non-hydrogen) atoms. The van der Waals surface area contributed by atoms with Crippen molar-refractivity contribution in [1.82, 2.24) is 0 Å². The van der Waals surface area contributed by atoms with Gasteiger partial charge in [0.05, 0.1) is 17.5 Å². The third kappa shape index (κ3) is 2.52. The van der Waals surface area contributed by atoms with Crippen molar-refractivity contribution in [2.45, 2.75) is 50.0 Å². The summed E-state index contributed by atoms with van der Waals surface area (Å²) < 4.78 is 12.7. The molecular weight excluding hydrogens is 334 g/mol. The summed E-state index contributed by atoms with van der Waals surface area (Å²) in [7, 11) is 1.60. The maximum atomic E-state index is 12.0. The number of nitrogens with two attached hydrogens (primary N) is 1. The highest BCUT2D eigenvalue weighted by molar-refractivity contribution is 9.10. The van der Waals surface area contributed by atoms with Gasteiger partial charge in [0.1, 0.15) is 17.1 Å². The molecule has 0 bridgehead atoms. The molecule has 2 aliphatic rings. The third-order valence-corrected chi connectivity index (χ3v) is 5.30. The number of carbonyl (C=O) groups excluding carboxylic acids is 1. The van der Waals surface area contributed by atoms with E-state index in [1.807, 2.05) is 12.1 Å². The molecular formula is C16H20BrNO3. The van der Waals surface area contributed by atoms with Gasteiger partial charge >= 0.3 is 0 Å². The lowest BCUT2D eigenvalue weighted by molar-refractivity contribution is -0.122. The molecule has 1 aliphatic heterocycles. The van der Waals surface area contributed by atoms with Gasteiger partial charge in [-0.15, -0.1) is 0 Å². The molecule has 1 atom stereocenters. The monoisotopic (exact) mass is 353 g/mol. The summed E-state index contributed by atoms with van der Waals surface area (Å²) in [5.41, 5.74) is 6.22. The summed E-state index contributed by atoms with van der Waals surface area (Å²) in [6.45, 7) is 0. The van der Waals surface area contributed by atoms with E-state index in [9.17, 15) is 4.79 Å². The van der Waals surface area contributed by atoms with Crippen LogP contribution in [0.3, 0.4) is 0 Å². The van der Waals surface area contributed by atoms with Crippen molar-refractivity contribution >= 4 is 21.8 Å². The lowest BCUT2D eigenvalue weighted by atomic mass is 9.74. The summed E-state index contributed by atoms with van der Waals surface area (Å²) in [5, 5.41) is 0. The molecule has 1 unspecified atom stereocenters. The fourth-order valence-corrected chi connectivity index (χ4v) is 4.07. The molecule has 1 amide bonds. The second kappa shape index (κ2) is 5.52. The first kappa shape index (κ1) is 14.7. The van der Waals surface area contributed by atoms with Crippen molar-refractivity contribution in [2.24, 2.45) is 5.73 Å². The summed E-state index contributed by atoms with van der Waals surface area (Å²) in [5.74, 6) is 0.745. The van der Waals surface area contributed by atoms with Crippen LogP contribution in [0.25, 0.3) is 0 Å². The van der Waals surface area contributed by atoms with E-state index in [0.29, 0.717) is 12.2 Å². The van der Waals surface area contributed by atoms with Crippen molar-refractivity contribution in [3.05, 3.63) is 22.2 Å². The summed E-state index contributed by atoms with van der Waals surface area (Å²) in [4.78, 5) is 12.0. The maximum absolute atomic E-state index is 12.0. The van der Waals surface area contributed by atoms with Gasteiger partial charge in [0.25, 0.3) is 0 Å². The zero-order valence-corrected chi connectivity index (χ0v) is 13.7. The van der Waals surface area contributed by atoms with Gasteiger partial charge in [-0.2, -0.15) is 0 Å². The van der Waals surface area contributed by atoms with Crippen LogP contribution >= 0.6 is 15.9 Å². The molecule has 2 N–H and O–H groups in total. The van der Waals surface area contributed by atoms with Gasteiger partial charge in [-0.25, -0.2) is 0 Å². The normalized spacial score (nSPS) is 23.2. The van der Waals surface area contributed by atoms with E-state index < -0.39 is 0 Å². The van der Waals surface area contributed by atoms with Gasteiger partial charge in [0.15, 0.2) is 0 Å². The molecule has 0 aromatic heterocycles. The first-order valence-corrected chi connectivity index (χ1v) is 8.20. The summed E-state index contributed by atoms with van der Waals surface area (Å²) >= 11 is 3.54. The minimum Gasteiger partial charge on any atom is -0.496 e. The number of halogens is 1. The van der Waals surface area contributed by atoms with E-state index in [0.717, 1.165) is 41.5 Å². The van der Waals surface area contributed by atoms with Gasteiger partial charge in [-0.05, 0) is 53.7 Å². The quantitative estimate of drug-likeness (QED) is 0.884. The van der Waals surface area contributed by atoms with Gasteiger partial charge < -0.3 is 15.2 Å². The number of primary amides is 1. The minimum atomic E-state index is -0.348. The first-order valence-electron chi connectivity index (χ1n) is 7.41. The third-order valence-electron chi connectivity index (χ3n) is 4.68. The molecule has 1 aliphatic carbocycles. The molecule has 0 radical (unpaired) electrons. The number of rotatable bonds is 2. The van der Waals surface area contributed by atoms with Gasteiger partial charge in [-0.3, -0.25) is 4.79 Å². The van der Waals surface area contributed by atoms with Crippen LogP contribution in [0.1, 0.15) is 50.0 Å². The summed E-state index contributed by atoms with van der Waals surface area (Å²) in [6, 6.07) is 3.75. The van der Waals surface area contributed by atoms with Crippen molar-refractivity contribution in [3.8, 4) is 11.5 Å². The fraction of sp³-hybridized carbons (Fsp3) is 0.562.